The lowest BCUT2D eigenvalue weighted by Crippen LogP contribution is -2.24. The first-order valence-corrected chi connectivity index (χ1v) is 14.1. The number of carbonyl (C=O) groups excluding carboxylic acids is 1. The lowest BCUT2D eigenvalue weighted by atomic mass is 10.1. The average molecular weight is 537 g/mol. The molecular formula is C22H24N4O6S3. The summed E-state index contributed by atoms with van der Waals surface area (Å²) in [7, 11) is -5.52. The highest BCUT2D eigenvalue weighted by Gasteiger charge is 2.35. The first kappa shape index (κ1) is 25.5. The molecule has 0 spiro atoms. The first-order chi connectivity index (χ1) is 16.6. The SMILES string of the molecule is Cc1sc(C(=O)c2cncnc2N[C@@H]2C[C@H](COS(N)(=O)=O)[C@@H](O)C2)cc1S(=O)c1ccccc1. The van der Waals surface area contributed by atoms with Crippen LogP contribution in [0.2, 0.25) is 0 Å². The fourth-order valence-electron chi connectivity index (χ4n) is 3.95. The van der Waals surface area contributed by atoms with Gasteiger partial charge in [0.05, 0.1) is 38.8 Å². The van der Waals surface area contributed by atoms with Crippen LogP contribution in [0.15, 0.2) is 58.7 Å². The van der Waals surface area contributed by atoms with Crippen LogP contribution in [0.5, 0.6) is 0 Å². The fraction of sp³-hybridized carbons (Fsp3) is 0.318. The monoisotopic (exact) mass is 536 g/mol. The van der Waals surface area contributed by atoms with Crippen molar-refractivity contribution in [3.8, 4) is 0 Å². The normalized spacial score (nSPS) is 21.1. The van der Waals surface area contributed by atoms with E-state index >= 15 is 0 Å². The van der Waals surface area contributed by atoms with Gasteiger partial charge in [0.25, 0.3) is 0 Å². The number of aryl methyl sites for hydroxylation is 1. The number of rotatable bonds is 9. The van der Waals surface area contributed by atoms with E-state index in [1.54, 1.807) is 18.2 Å². The standard InChI is InChI=1S/C22H24N4O6S3/c1-13-20(34(29)16-5-3-2-4-6-16)9-19(33-13)21(28)17-10-24-12-25-22(17)26-15-7-14(18(27)8-15)11-32-35(23,30)31/h2-6,9-10,12,14-15,18,27H,7-8,11H2,1H3,(H2,23,30,31)(H,24,25,26)/t14-,15-,18+,34?/m1/s1. The van der Waals surface area contributed by atoms with Crippen LogP contribution in [0.3, 0.4) is 0 Å². The van der Waals surface area contributed by atoms with Crippen molar-refractivity contribution in [2.75, 3.05) is 11.9 Å². The summed E-state index contributed by atoms with van der Waals surface area (Å²) >= 11 is 1.25. The molecule has 1 unspecified atom stereocenters. The van der Waals surface area contributed by atoms with Gasteiger partial charge in [0.15, 0.2) is 0 Å². The smallest absolute Gasteiger partial charge is 0.333 e. The molecule has 1 fully saturated rings. The highest BCUT2D eigenvalue weighted by molar-refractivity contribution is 7.85. The predicted molar refractivity (Wildman–Crippen MR) is 131 cm³/mol. The second-order valence-electron chi connectivity index (χ2n) is 8.14. The lowest BCUT2D eigenvalue weighted by molar-refractivity contribution is 0.101. The van der Waals surface area contributed by atoms with Crippen molar-refractivity contribution in [2.24, 2.45) is 11.1 Å². The van der Waals surface area contributed by atoms with Gasteiger partial charge in [0.1, 0.15) is 12.1 Å². The number of nitrogens with two attached hydrogens (primary N) is 1. The van der Waals surface area contributed by atoms with Crippen LogP contribution in [-0.4, -0.2) is 52.2 Å². The van der Waals surface area contributed by atoms with Crippen LogP contribution < -0.4 is 10.5 Å². The Hall–Kier alpha value is -2.55. The van der Waals surface area contributed by atoms with E-state index in [9.17, 15) is 22.5 Å². The second-order valence-corrected chi connectivity index (χ2v) is 12.1. The number of benzene rings is 1. The molecule has 1 aliphatic rings. The van der Waals surface area contributed by atoms with Gasteiger partial charge >= 0.3 is 10.3 Å². The Morgan fingerprint density at radius 3 is 2.77 bits per heavy atom. The van der Waals surface area contributed by atoms with Gasteiger partial charge in [0, 0.05) is 27.9 Å². The summed E-state index contributed by atoms with van der Waals surface area (Å²) in [4.78, 5) is 24.0. The number of aliphatic hydroxyl groups is 1. The van der Waals surface area contributed by atoms with Crippen molar-refractivity contribution in [2.45, 2.75) is 41.7 Å². The molecule has 4 rings (SSSR count). The number of aliphatic hydroxyl groups excluding tert-OH is 1. The average Bonchev–Trinajstić information content (AvgIpc) is 3.39. The molecule has 1 aliphatic carbocycles. The van der Waals surface area contributed by atoms with Crippen molar-refractivity contribution in [3.05, 3.63) is 64.2 Å². The Bertz CT molecular complexity index is 1350. The molecule has 0 aliphatic heterocycles. The molecular weight excluding hydrogens is 512 g/mol. The van der Waals surface area contributed by atoms with Gasteiger partial charge in [-0.25, -0.2) is 19.3 Å². The van der Waals surface area contributed by atoms with E-state index in [0.29, 0.717) is 33.3 Å². The highest BCUT2D eigenvalue weighted by Crippen LogP contribution is 2.32. The largest absolute Gasteiger partial charge is 0.393 e. The molecule has 4 N–H and O–H groups in total. The zero-order valence-corrected chi connectivity index (χ0v) is 21.1. The van der Waals surface area contributed by atoms with Gasteiger partial charge in [-0.3, -0.25) is 8.98 Å². The molecule has 2 aromatic heterocycles. The van der Waals surface area contributed by atoms with Gasteiger partial charge in [-0.1, -0.05) is 18.2 Å². The van der Waals surface area contributed by atoms with E-state index in [2.05, 4.69) is 19.5 Å². The van der Waals surface area contributed by atoms with Crippen molar-refractivity contribution in [1.29, 1.82) is 0 Å². The summed E-state index contributed by atoms with van der Waals surface area (Å²) in [6, 6.07) is 10.4. The van der Waals surface area contributed by atoms with Gasteiger partial charge < -0.3 is 10.4 Å². The molecule has 186 valence electrons. The zero-order valence-electron chi connectivity index (χ0n) is 18.7. The van der Waals surface area contributed by atoms with Gasteiger partial charge in [0.2, 0.25) is 5.78 Å². The number of ketones is 1. The van der Waals surface area contributed by atoms with E-state index < -0.39 is 33.1 Å². The van der Waals surface area contributed by atoms with E-state index in [1.165, 1.54) is 23.9 Å². The molecule has 10 nitrogen and oxygen atoms in total. The minimum absolute atomic E-state index is 0.233. The maximum absolute atomic E-state index is 13.3. The van der Waals surface area contributed by atoms with Crippen LogP contribution in [-0.2, 0) is 25.3 Å². The maximum Gasteiger partial charge on any atom is 0.333 e. The number of thiophene rings is 1. The molecule has 1 saturated carbocycles. The number of carbonyl (C=O) groups is 1. The Morgan fingerprint density at radius 1 is 1.31 bits per heavy atom. The van der Waals surface area contributed by atoms with Crippen LogP contribution in [0.1, 0.15) is 33.0 Å². The molecule has 35 heavy (non-hydrogen) atoms. The van der Waals surface area contributed by atoms with Crippen LogP contribution >= 0.6 is 11.3 Å². The van der Waals surface area contributed by atoms with E-state index in [1.807, 2.05) is 25.1 Å². The summed E-state index contributed by atoms with van der Waals surface area (Å²) in [5.74, 6) is -0.459. The lowest BCUT2D eigenvalue weighted by Gasteiger charge is -2.15. The van der Waals surface area contributed by atoms with Crippen molar-refractivity contribution in [1.82, 2.24) is 9.97 Å². The van der Waals surface area contributed by atoms with Gasteiger partial charge in [-0.15, -0.1) is 11.3 Å². The Labute approximate surface area is 209 Å². The summed E-state index contributed by atoms with van der Waals surface area (Å²) in [6.07, 6.45) is 2.63. The zero-order chi connectivity index (χ0) is 25.2. The molecule has 2 heterocycles. The number of aromatic nitrogens is 2. The van der Waals surface area contributed by atoms with Crippen LogP contribution in [0, 0.1) is 12.8 Å². The molecule has 0 radical (unpaired) electrons. The van der Waals surface area contributed by atoms with Gasteiger partial charge in [-0.05, 0) is 38.0 Å². The quantitative estimate of drug-likeness (QED) is 0.347. The number of hydrogen-bond acceptors (Lipinski definition) is 10. The third-order valence-electron chi connectivity index (χ3n) is 5.65. The minimum Gasteiger partial charge on any atom is -0.393 e. The Balaban J connectivity index is 1.51. The van der Waals surface area contributed by atoms with Crippen molar-refractivity contribution < 1.29 is 26.7 Å². The molecule has 0 bridgehead atoms. The number of anilines is 1. The van der Waals surface area contributed by atoms with E-state index in [4.69, 9.17) is 5.14 Å². The Morgan fingerprint density at radius 2 is 2.06 bits per heavy atom. The minimum atomic E-state index is -4.10. The van der Waals surface area contributed by atoms with Crippen molar-refractivity contribution in [3.63, 3.8) is 0 Å². The third-order valence-corrected chi connectivity index (χ3v) is 8.82. The first-order valence-electron chi connectivity index (χ1n) is 10.7. The van der Waals surface area contributed by atoms with Crippen LogP contribution in [0.25, 0.3) is 0 Å². The van der Waals surface area contributed by atoms with E-state index in [0.717, 1.165) is 4.88 Å². The summed E-state index contributed by atoms with van der Waals surface area (Å²) < 4.78 is 39.7. The molecule has 0 saturated heterocycles. The summed E-state index contributed by atoms with van der Waals surface area (Å²) in [5, 5.41) is 18.3. The van der Waals surface area contributed by atoms with Gasteiger partial charge in [-0.2, -0.15) is 8.42 Å². The molecule has 4 atom stereocenters. The third kappa shape index (κ3) is 6.18. The number of hydrogen-bond donors (Lipinski definition) is 3. The van der Waals surface area contributed by atoms with E-state index in [-0.39, 0.29) is 24.0 Å². The Kier molecular flexibility index (Phi) is 7.73. The number of nitrogens with zero attached hydrogens (tertiary/aromatic N) is 2. The second kappa shape index (κ2) is 10.6. The van der Waals surface area contributed by atoms with Crippen LogP contribution in [0.4, 0.5) is 5.82 Å². The highest BCUT2D eigenvalue weighted by atomic mass is 32.2. The maximum atomic E-state index is 13.3. The number of nitrogens with one attached hydrogen (secondary N) is 1. The van der Waals surface area contributed by atoms with Crippen molar-refractivity contribution >= 4 is 44.0 Å². The predicted octanol–water partition coefficient (Wildman–Crippen LogP) is 2.02. The molecule has 1 aromatic carbocycles. The summed E-state index contributed by atoms with van der Waals surface area (Å²) in [5.41, 5.74) is 0.240. The molecule has 13 heteroatoms. The molecule has 0 amide bonds. The fourth-order valence-corrected chi connectivity index (χ4v) is 6.76. The summed E-state index contributed by atoms with van der Waals surface area (Å²) in [6.45, 7) is 1.59. The molecule has 3 aromatic rings. The topological polar surface area (TPSA) is 162 Å².